The van der Waals surface area contributed by atoms with E-state index >= 15 is 0 Å². The van der Waals surface area contributed by atoms with Gasteiger partial charge in [-0.3, -0.25) is 0 Å². The van der Waals surface area contributed by atoms with E-state index in [-0.39, 0.29) is 5.54 Å². The zero-order valence-electron chi connectivity index (χ0n) is 10.9. The van der Waals surface area contributed by atoms with Crippen LogP contribution in [0, 0.1) is 0 Å². The third kappa shape index (κ3) is 3.40. The molecule has 0 aromatic carbocycles. The lowest BCUT2D eigenvalue weighted by Crippen LogP contribution is -2.40. The molecule has 1 aliphatic heterocycles. The molecule has 0 aliphatic carbocycles. The molecule has 15 heavy (non-hydrogen) atoms. The maximum atomic E-state index is 4.88. The van der Waals surface area contributed by atoms with Crippen LogP contribution in [0.25, 0.3) is 0 Å². The molecule has 3 nitrogen and oxygen atoms in total. The smallest absolute Gasteiger partial charge is 0.196 e. The van der Waals surface area contributed by atoms with Crippen LogP contribution < -0.4 is 0 Å². The fourth-order valence-corrected chi connectivity index (χ4v) is 1.71. The fraction of sp³-hybridized carbons (Fsp3) is 0.917. The van der Waals surface area contributed by atoms with Gasteiger partial charge in [0.2, 0.25) is 0 Å². The molecule has 88 valence electrons. The first-order chi connectivity index (χ1) is 6.96. The van der Waals surface area contributed by atoms with E-state index in [1.165, 1.54) is 12.8 Å². The zero-order valence-corrected chi connectivity index (χ0v) is 10.9. The van der Waals surface area contributed by atoms with Crippen LogP contribution in [0.4, 0.5) is 0 Å². The van der Waals surface area contributed by atoms with E-state index in [2.05, 4.69) is 44.7 Å². The first kappa shape index (κ1) is 12.3. The molecule has 1 heterocycles. The lowest BCUT2D eigenvalue weighted by Gasteiger charge is -2.29. The Labute approximate surface area is 94.2 Å². The minimum absolute atomic E-state index is 0.0577. The Morgan fingerprint density at radius 3 is 2.00 bits per heavy atom. The fourth-order valence-electron chi connectivity index (χ4n) is 1.71. The van der Waals surface area contributed by atoms with Crippen LogP contribution in [-0.4, -0.2) is 48.5 Å². The quantitative estimate of drug-likeness (QED) is 0.697. The van der Waals surface area contributed by atoms with Crippen molar-refractivity contribution in [2.24, 2.45) is 4.99 Å². The molecule has 0 spiro atoms. The molecule has 0 atom stereocenters. The van der Waals surface area contributed by atoms with E-state index in [0.29, 0.717) is 0 Å². The van der Waals surface area contributed by atoms with Gasteiger partial charge in [-0.1, -0.05) is 6.92 Å². The van der Waals surface area contributed by atoms with Crippen molar-refractivity contribution >= 4 is 5.96 Å². The number of hydrogen-bond donors (Lipinski definition) is 0. The van der Waals surface area contributed by atoms with Crippen LogP contribution in [0.2, 0.25) is 0 Å². The van der Waals surface area contributed by atoms with Crippen molar-refractivity contribution in [3.8, 4) is 0 Å². The van der Waals surface area contributed by atoms with Crippen molar-refractivity contribution < 1.29 is 0 Å². The summed E-state index contributed by atoms with van der Waals surface area (Å²) in [6.45, 7) is 8.85. The largest absolute Gasteiger partial charge is 0.346 e. The molecule has 0 aromatic rings. The number of hydrogen-bond acceptors (Lipinski definition) is 1. The Morgan fingerprint density at radius 2 is 1.60 bits per heavy atom. The summed E-state index contributed by atoms with van der Waals surface area (Å²) >= 11 is 0. The predicted octanol–water partition coefficient (Wildman–Crippen LogP) is 2.19. The zero-order chi connectivity index (χ0) is 11.5. The molecular formula is C12H25N3. The van der Waals surface area contributed by atoms with Crippen LogP contribution in [0.3, 0.4) is 0 Å². The summed E-state index contributed by atoms with van der Waals surface area (Å²) in [5.41, 5.74) is 0.0577. The Balaban J connectivity index is 2.87. The standard InChI is InChI=1S/C12H25N3/c1-6-12(2,3)13-11-14(4)9-7-8-10-15(11)5/h6-10H2,1-5H3. The highest BCUT2D eigenvalue weighted by molar-refractivity contribution is 5.80. The van der Waals surface area contributed by atoms with Gasteiger partial charge in [-0.2, -0.15) is 0 Å². The maximum Gasteiger partial charge on any atom is 0.196 e. The molecule has 0 saturated carbocycles. The van der Waals surface area contributed by atoms with Gasteiger partial charge < -0.3 is 9.80 Å². The minimum Gasteiger partial charge on any atom is -0.346 e. The molecular weight excluding hydrogens is 186 g/mol. The average Bonchev–Trinajstić information content (AvgIpc) is 2.33. The highest BCUT2D eigenvalue weighted by atomic mass is 15.4. The Morgan fingerprint density at radius 1 is 1.13 bits per heavy atom. The van der Waals surface area contributed by atoms with Crippen molar-refractivity contribution in [1.82, 2.24) is 9.80 Å². The molecule has 0 radical (unpaired) electrons. The van der Waals surface area contributed by atoms with Crippen molar-refractivity contribution in [3.63, 3.8) is 0 Å². The highest BCUT2D eigenvalue weighted by Crippen LogP contribution is 2.16. The van der Waals surface area contributed by atoms with Crippen molar-refractivity contribution in [1.29, 1.82) is 0 Å². The van der Waals surface area contributed by atoms with Gasteiger partial charge in [0.15, 0.2) is 5.96 Å². The van der Waals surface area contributed by atoms with E-state index < -0.39 is 0 Å². The van der Waals surface area contributed by atoms with E-state index in [4.69, 9.17) is 4.99 Å². The van der Waals surface area contributed by atoms with Crippen LogP contribution in [0.5, 0.6) is 0 Å². The van der Waals surface area contributed by atoms with Crippen LogP contribution >= 0.6 is 0 Å². The topological polar surface area (TPSA) is 18.8 Å². The molecule has 0 amide bonds. The molecule has 3 heteroatoms. The summed E-state index contributed by atoms with van der Waals surface area (Å²) < 4.78 is 0. The summed E-state index contributed by atoms with van der Waals surface area (Å²) in [5, 5.41) is 0. The number of aliphatic imine (C=N–C) groups is 1. The van der Waals surface area contributed by atoms with E-state index in [0.717, 1.165) is 25.5 Å². The normalized spacial score (nSPS) is 19.1. The number of nitrogens with zero attached hydrogens (tertiary/aromatic N) is 3. The van der Waals surface area contributed by atoms with Crippen molar-refractivity contribution in [2.45, 2.75) is 45.6 Å². The minimum atomic E-state index is 0.0577. The first-order valence-corrected chi connectivity index (χ1v) is 5.98. The van der Waals surface area contributed by atoms with Gasteiger partial charge in [-0.05, 0) is 33.1 Å². The van der Waals surface area contributed by atoms with Crippen molar-refractivity contribution in [3.05, 3.63) is 0 Å². The van der Waals surface area contributed by atoms with E-state index in [1.807, 2.05) is 0 Å². The second-order valence-corrected chi connectivity index (χ2v) is 5.13. The summed E-state index contributed by atoms with van der Waals surface area (Å²) in [5.74, 6) is 1.15. The van der Waals surface area contributed by atoms with Gasteiger partial charge in [0, 0.05) is 27.2 Å². The van der Waals surface area contributed by atoms with Crippen molar-refractivity contribution in [2.75, 3.05) is 27.2 Å². The van der Waals surface area contributed by atoms with Gasteiger partial charge in [0.05, 0.1) is 5.54 Å². The third-order valence-corrected chi connectivity index (χ3v) is 3.19. The lowest BCUT2D eigenvalue weighted by molar-refractivity contribution is 0.406. The molecule has 0 aromatic heterocycles. The number of rotatable bonds is 2. The Bertz CT molecular complexity index is 219. The van der Waals surface area contributed by atoms with Crippen LogP contribution in [0.15, 0.2) is 4.99 Å². The first-order valence-electron chi connectivity index (χ1n) is 5.98. The van der Waals surface area contributed by atoms with Crippen LogP contribution in [0.1, 0.15) is 40.0 Å². The van der Waals surface area contributed by atoms with Gasteiger partial charge in [0.1, 0.15) is 0 Å². The van der Waals surface area contributed by atoms with Gasteiger partial charge >= 0.3 is 0 Å². The molecule has 0 unspecified atom stereocenters. The Kier molecular flexibility index (Phi) is 4.00. The molecule has 1 saturated heterocycles. The van der Waals surface area contributed by atoms with Gasteiger partial charge in [0.25, 0.3) is 0 Å². The maximum absolute atomic E-state index is 4.88. The van der Waals surface area contributed by atoms with E-state index in [1.54, 1.807) is 0 Å². The van der Waals surface area contributed by atoms with E-state index in [9.17, 15) is 0 Å². The molecule has 0 bridgehead atoms. The predicted molar refractivity (Wildman–Crippen MR) is 66.3 cm³/mol. The SMILES string of the molecule is CCC(C)(C)N=C1N(C)CCCCN1C. The van der Waals surface area contributed by atoms with Gasteiger partial charge in [-0.15, -0.1) is 0 Å². The second kappa shape index (κ2) is 4.86. The summed E-state index contributed by atoms with van der Waals surface area (Å²) in [7, 11) is 4.29. The molecule has 1 aliphatic rings. The monoisotopic (exact) mass is 211 g/mol. The Hall–Kier alpha value is -0.730. The number of guanidine groups is 1. The molecule has 0 N–H and O–H groups in total. The molecule has 1 fully saturated rings. The lowest BCUT2D eigenvalue weighted by atomic mass is 10.0. The average molecular weight is 211 g/mol. The summed E-state index contributed by atoms with van der Waals surface area (Å²) in [6, 6.07) is 0. The third-order valence-electron chi connectivity index (χ3n) is 3.19. The summed E-state index contributed by atoms with van der Waals surface area (Å²) in [4.78, 5) is 9.44. The summed E-state index contributed by atoms with van der Waals surface area (Å²) in [6.07, 6.45) is 3.62. The second-order valence-electron chi connectivity index (χ2n) is 5.13. The van der Waals surface area contributed by atoms with Gasteiger partial charge in [-0.25, -0.2) is 4.99 Å². The highest BCUT2D eigenvalue weighted by Gasteiger charge is 2.20. The van der Waals surface area contributed by atoms with Crippen LogP contribution in [-0.2, 0) is 0 Å². The molecule has 1 rings (SSSR count).